The quantitative estimate of drug-likeness (QED) is 0.831. The molecule has 0 radical (unpaired) electrons. The number of carbonyl (C=O) groups excluding carboxylic acids is 1. The fraction of sp³-hybridized carbons (Fsp3) is 0.353. The molecule has 1 aliphatic carbocycles. The fourth-order valence-electron chi connectivity index (χ4n) is 2.59. The Bertz CT molecular complexity index is 691. The maximum atomic E-state index is 12.1. The molecule has 0 unspecified atom stereocenters. The van der Waals surface area contributed by atoms with Gasteiger partial charge in [-0.05, 0) is 43.5 Å². The first-order chi connectivity index (χ1) is 11.3. The van der Waals surface area contributed by atoms with Crippen molar-refractivity contribution in [2.75, 3.05) is 7.11 Å². The molecule has 0 aliphatic heterocycles. The molecular weight excluding hydrogens is 292 g/mol. The van der Waals surface area contributed by atoms with Crippen LogP contribution in [-0.2, 0) is 11.3 Å². The maximum Gasteiger partial charge on any atom is 0.223 e. The number of H-pyrrole nitrogens is 1. The Morgan fingerprint density at radius 2 is 2.17 bits per heavy atom. The molecule has 6 nitrogen and oxygen atoms in total. The van der Waals surface area contributed by atoms with Gasteiger partial charge in [0.1, 0.15) is 11.6 Å². The summed E-state index contributed by atoms with van der Waals surface area (Å²) in [5.41, 5.74) is 0.900. The standard InChI is InChI=1S/C17H20N4O2/c1-23-14-9-7-12(8-10-14)16-19-15(20-21-16)11-18-17(22)13-5-3-2-4-6-13/h2-3,7-10,13H,4-6,11H2,1H3,(H,18,22)(H,19,20,21)/t13-/m1/s1. The highest BCUT2D eigenvalue weighted by atomic mass is 16.5. The van der Waals surface area contributed by atoms with Gasteiger partial charge in [-0.15, -0.1) is 0 Å². The summed E-state index contributed by atoms with van der Waals surface area (Å²) in [6.07, 6.45) is 6.91. The van der Waals surface area contributed by atoms with Crippen LogP contribution in [0, 0.1) is 5.92 Å². The van der Waals surface area contributed by atoms with E-state index in [4.69, 9.17) is 4.74 Å². The number of aromatic amines is 1. The third kappa shape index (κ3) is 3.77. The summed E-state index contributed by atoms with van der Waals surface area (Å²) in [4.78, 5) is 16.5. The molecule has 1 aliphatic rings. The van der Waals surface area contributed by atoms with Gasteiger partial charge in [-0.2, -0.15) is 5.10 Å². The number of amides is 1. The first-order valence-electron chi connectivity index (χ1n) is 7.74. The summed E-state index contributed by atoms with van der Waals surface area (Å²) in [5.74, 6) is 2.20. The largest absolute Gasteiger partial charge is 0.497 e. The van der Waals surface area contributed by atoms with Crippen molar-refractivity contribution in [3.8, 4) is 17.1 Å². The Kier molecular flexibility index (Phi) is 4.71. The van der Waals surface area contributed by atoms with E-state index in [1.807, 2.05) is 24.3 Å². The summed E-state index contributed by atoms with van der Waals surface area (Å²) in [6.45, 7) is 0.363. The highest BCUT2D eigenvalue weighted by Crippen LogP contribution is 2.20. The smallest absolute Gasteiger partial charge is 0.223 e. The predicted molar refractivity (Wildman–Crippen MR) is 86.7 cm³/mol. The molecule has 1 aromatic carbocycles. The predicted octanol–water partition coefficient (Wildman–Crippen LogP) is 2.45. The second-order valence-corrected chi connectivity index (χ2v) is 5.53. The Labute approximate surface area is 135 Å². The normalized spacial score (nSPS) is 17.0. The average molecular weight is 312 g/mol. The number of allylic oxidation sites excluding steroid dienone is 2. The van der Waals surface area contributed by atoms with E-state index in [2.05, 4.69) is 32.7 Å². The molecule has 120 valence electrons. The van der Waals surface area contributed by atoms with Crippen LogP contribution in [0.15, 0.2) is 36.4 Å². The van der Waals surface area contributed by atoms with Crippen molar-refractivity contribution in [1.82, 2.24) is 20.5 Å². The van der Waals surface area contributed by atoms with Crippen LogP contribution in [-0.4, -0.2) is 28.2 Å². The van der Waals surface area contributed by atoms with E-state index in [9.17, 15) is 4.79 Å². The minimum atomic E-state index is 0.0731. The van der Waals surface area contributed by atoms with Crippen molar-refractivity contribution in [3.63, 3.8) is 0 Å². The molecule has 1 heterocycles. The molecule has 0 spiro atoms. The fourth-order valence-corrected chi connectivity index (χ4v) is 2.59. The van der Waals surface area contributed by atoms with Gasteiger partial charge in [-0.25, -0.2) is 4.98 Å². The van der Waals surface area contributed by atoms with Crippen LogP contribution in [0.25, 0.3) is 11.4 Å². The Morgan fingerprint density at radius 3 is 2.87 bits per heavy atom. The van der Waals surface area contributed by atoms with Crippen LogP contribution in [0.3, 0.4) is 0 Å². The zero-order valence-electron chi connectivity index (χ0n) is 13.1. The van der Waals surface area contributed by atoms with E-state index >= 15 is 0 Å². The zero-order chi connectivity index (χ0) is 16.1. The van der Waals surface area contributed by atoms with Crippen molar-refractivity contribution in [2.24, 2.45) is 5.92 Å². The monoisotopic (exact) mass is 312 g/mol. The van der Waals surface area contributed by atoms with Gasteiger partial charge >= 0.3 is 0 Å². The Morgan fingerprint density at radius 1 is 1.35 bits per heavy atom. The molecule has 2 aromatic rings. The van der Waals surface area contributed by atoms with Gasteiger partial charge in [0.05, 0.1) is 13.7 Å². The Hall–Kier alpha value is -2.63. The molecule has 0 saturated heterocycles. The lowest BCUT2D eigenvalue weighted by molar-refractivity contribution is -0.125. The minimum absolute atomic E-state index is 0.0731. The third-order valence-corrected chi connectivity index (χ3v) is 3.95. The number of rotatable bonds is 5. The lowest BCUT2D eigenvalue weighted by atomic mass is 9.94. The number of nitrogens with one attached hydrogen (secondary N) is 2. The molecule has 23 heavy (non-hydrogen) atoms. The number of aromatic nitrogens is 3. The second-order valence-electron chi connectivity index (χ2n) is 5.53. The lowest BCUT2D eigenvalue weighted by Crippen LogP contribution is -2.31. The molecule has 1 amide bonds. The summed E-state index contributed by atoms with van der Waals surface area (Å²) in [6, 6.07) is 7.53. The van der Waals surface area contributed by atoms with Gasteiger partial charge in [0.25, 0.3) is 0 Å². The van der Waals surface area contributed by atoms with Crippen LogP contribution in [0.4, 0.5) is 0 Å². The maximum absolute atomic E-state index is 12.1. The molecule has 0 bridgehead atoms. The summed E-state index contributed by atoms with van der Waals surface area (Å²) >= 11 is 0. The van der Waals surface area contributed by atoms with Gasteiger partial charge in [0.15, 0.2) is 5.82 Å². The molecular formula is C17H20N4O2. The number of benzene rings is 1. The number of ether oxygens (including phenoxy) is 1. The van der Waals surface area contributed by atoms with Crippen molar-refractivity contribution >= 4 is 5.91 Å². The lowest BCUT2D eigenvalue weighted by Gasteiger charge is -2.16. The summed E-state index contributed by atoms with van der Waals surface area (Å²) in [7, 11) is 1.63. The molecule has 0 saturated carbocycles. The van der Waals surface area contributed by atoms with E-state index in [0.29, 0.717) is 18.2 Å². The van der Waals surface area contributed by atoms with Crippen LogP contribution >= 0.6 is 0 Å². The first kappa shape index (κ1) is 15.3. The van der Waals surface area contributed by atoms with Crippen molar-refractivity contribution in [3.05, 3.63) is 42.2 Å². The topological polar surface area (TPSA) is 79.9 Å². The average Bonchev–Trinajstić information content (AvgIpc) is 3.09. The number of carbonyl (C=O) groups is 1. The van der Waals surface area contributed by atoms with E-state index in [0.717, 1.165) is 30.6 Å². The van der Waals surface area contributed by atoms with E-state index in [1.54, 1.807) is 7.11 Å². The molecule has 6 heteroatoms. The van der Waals surface area contributed by atoms with Crippen molar-refractivity contribution in [2.45, 2.75) is 25.8 Å². The van der Waals surface area contributed by atoms with Crippen molar-refractivity contribution < 1.29 is 9.53 Å². The minimum Gasteiger partial charge on any atom is -0.497 e. The van der Waals surface area contributed by atoms with Crippen LogP contribution < -0.4 is 10.1 Å². The van der Waals surface area contributed by atoms with E-state index in [1.165, 1.54) is 0 Å². The first-order valence-corrected chi connectivity index (χ1v) is 7.74. The summed E-state index contributed by atoms with van der Waals surface area (Å²) in [5, 5.41) is 9.99. The number of hydrogen-bond acceptors (Lipinski definition) is 4. The second kappa shape index (κ2) is 7.09. The van der Waals surface area contributed by atoms with Crippen LogP contribution in [0.1, 0.15) is 25.1 Å². The van der Waals surface area contributed by atoms with Crippen molar-refractivity contribution in [1.29, 1.82) is 0 Å². The zero-order valence-corrected chi connectivity index (χ0v) is 13.1. The van der Waals surface area contributed by atoms with E-state index < -0.39 is 0 Å². The highest BCUT2D eigenvalue weighted by Gasteiger charge is 2.18. The SMILES string of the molecule is COc1ccc(-c2n[nH]c(CNC(=O)[C@@H]3CC=CCC3)n2)cc1. The van der Waals surface area contributed by atoms with Crippen LogP contribution in [0.2, 0.25) is 0 Å². The Balaban J connectivity index is 1.58. The van der Waals surface area contributed by atoms with Gasteiger partial charge in [-0.3, -0.25) is 9.89 Å². The van der Waals surface area contributed by atoms with Gasteiger partial charge < -0.3 is 10.1 Å². The summed E-state index contributed by atoms with van der Waals surface area (Å²) < 4.78 is 5.13. The molecule has 1 atom stereocenters. The van der Waals surface area contributed by atoms with Gasteiger partial charge in [0, 0.05) is 11.5 Å². The van der Waals surface area contributed by atoms with Crippen LogP contribution in [0.5, 0.6) is 5.75 Å². The van der Waals surface area contributed by atoms with Gasteiger partial charge in [0.2, 0.25) is 5.91 Å². The van der Waals surface area contributed by atoms with Gasteiger partial charge in [-0.1, -0.05) is 12.2 Å². The molecule has 0 fully saturated rings. The molecule has 3 rings (SSSR count). The third-order valence-electron chi connectivity index (χ3n) is 3.95. The molecule has 1 aromatic heterocycles. The highest BCUT2D eigenvalue weighted by molar-refractivity contribution is 5.78. The van der Waals surface area contributed by atoms with E-state index in [-0.39, 0.29) is 11.8 Å². The number of nitrogens with zero attached hydrogens (tertiary/aromatic N) is 2. The molecule has 2 N–H and O–H groups in total. The number of methoxy groups -OCH3 is 1. The number of hydrogen-bond donors (Lipinski definition) is 2.